The van der Waals surface area contributed by atoms with E-state index in [1.165, 1.54) is 13.8 Å². The molecule has 1 aromatic rings. The molecule has 0 saturated carbocycles. The predicted molar refractivity (Wildman–Crippen MR) is 68.6 cm³/mol. The number of halogens is 5. The lowest BCUT2D eigenvalue weighted by molar-refractivity contribution is 0.00846. The van der Waals surface area contributed by atoms with E-state index >= 15 is 0 Å². The second-order valence-corrected chi connectivity index (χ2v) is 8.71. The van der Waals surface area contributed by atoms with Gasteiger partial charge in [0.2, 0.25) is 0 Å². The molecule has 0 amide bonds. The van der Waals surface area contributed by atoms with Gasteiger partial charge < -0.3 is 4.43 Å². The minimum atomic E-state index is -4.01. The molecule has 0 aliphatic heterocycles. The quantitative estimate of drug-likeness (QED) is 0.334. The normalized spacial score (nSPS) is 12.6. The fourth-order valence-electron chi connectivity index (χ4n) is 2.06. The molecule has 0 aliphatic carbocycles. The third-order valence-corrected chi connectivity index (χ3v) is 7.83. The van der Waals surface area contributed by atoms with Crippen LogP contribution >= 0.6 is 0 Å². The van der Waals surface area contributed by atoms with Gasteiger partial charge in [0.25, 0.3) is 0 Å². The third-order valence-electron chi connectivity index (χ3n) is 3.47. The van der Waals surface area contributed by atoms with Crippen molar-refractivity contribution < 1.29 is 26.5 Å². The number of anilines is 1. The highest BCUT2D eigenvalue weighted by Crippen LogP contribution is 2.41. The summed E-state index contributed by atoms with van der Waals surface area (Å²) in [7, 11) is -2.72. The Hall–Kier alpha value is -1.15. The van der Waals surface area contributed by atoms with Gasteiger partial charge in [0, 0.05) is 7.11 Å². The Labute approximate surface area is 115 Å². The molecule has 0 radical (unpaired) electrons. The van der Waals surface area contributed by atoms with Crippen molar-refractivity contribution in [3.63, 3.8) is 0 Å². The van der Waals surface area contributed by atoms with Crippen LogP contribution in [0.5, 0.6) is 0 Å². The zero-order valence-electron chi connectivity index (χ0n) is 11.4. The van der Waals surface area contributed by atoms with Gasteiger partial charge in [0.1, 0.15) is 5.69 Å². The van der Waals surface area contributed by atoms with Gasteiger partial charge in [-0.2, -0.15) is 8.78 Å². The van der Waals surface area contributed by atoms with Crippen LogP contribution in [0.3, 0.4) is 0 Å². The smallest absolute Gasteiger partial charge is 0.353 e. The highest BCUT2D eigenvalue weighted by Gasteiger charge is 2.61. The summed E-state index contributed by atoms with van der Waals surface area (Å²) in [6.45, 7) is 2.92. The van der Waals surface area contributed by atoms with Gasteiger partial charge in [-0.15, -0.1) is 5.12 Å². The first-order valence-electron chi connectivity index (χ1n) is 6.10. The fraction of sp³-hybridized carbons (Fsp3) is 0.500. The Balaban J connectivity index is 3.29. The number of benzene rings is 1. The van der Waals surface area contributed by atoms with Crippen molar-refractivity contribution in [2.24, 2.45) is 0 Å². The molecule has 0 fully saturated rings. The van der Waals surface area contributed by atoms with Gasteiger partial charge in [-0.1, -0.05) is 24.4 Å². The van der Waals surface area contributed by atoms with E-state index in [9.17, 15) is 22.0 Å². The zero-order chi connectivity index (χ0) is 15.6. The molecule has 8 heteroatoms. The summed E-state index contributed by atoms with van der Waals surface area (Å²) in [6.07, 6.45) is 0. The molecule has 2 nitrogen and oxygen atoms in total. The van der Waals surface area contributed by atoms with E-state index in [0.717, 1.165) is 25.3 Å². The molecular formula is C12H16F5NOSi. The fourth-order valence-corrected chi connectivity index (χ4v) is 4.71. The number of alkyl halides is 2. The topological polar surface area (TPSA) is 12.5 Å². The summed E-state index contributed by atoms with van der Waals surface area (Å²) in [6, 6.07) is 2.32. The maximum atomic E-state index is 14.3. The summed E-state index contributed by atoms with van der Waals surface area (Å²) in [4.78, 5) is 0. The molecular weight excluding hydrogens is 297 g/mol. The van der Waals surface area contributed by atoms with Gasteiger partial charge in [-0.25, -0.2) is 8.78 Å². The highest BCUT2D eigenvalue weighted by atomic mass is 28.4. The average Bonchev–Trinajstić information content (AvgIpc) is 2.43. The van der Waals surface area contributed by atoms with Crippen molar-refractivity contribution in [3.05, 3.63) is 29.8 Å². The number of hydrogen-bond acceptors (Lipinski definition) is 2. The van der Waals surface area contributed by atoms with E-state index in [4.69, 9.17) is 4.43 Å². The standard InChI is InChI=1S/C12H16F5NOSi/c1-4-20(5-2,19-3)12(15,16)18(17)10-8-6-7-9(13)11(10)14/h6-8H,4-5H2,1-3H3. The zero-order valence-corrected chi connectivity index (χ0v) is 12.4. The van der Waals surface area contributed by atoms with Crippen LogP contribution in [0.2, 0.25) is 12.1 Å². The lowest BCUT2D eigenvalue weighted by atomic mass is 10.3. The summed E-state index contributed by atoms with van der Waals surface area (Å²) in [5.74, 6) is -3.04. The lowest BCUT2D eigenvalue weighted by Crippen LogP contribution is -2.61. The molecule has 1 rings (SSSR count). The molecule has 0 unspecified atom stereocenters. The minimum Gasteiger partial charge on any atom is -0.412 e. The van der Waals surface area contributed by atoms with Crippen LogP contribution in [0.4, 0.5) is 27.7 Å². The van der Waals surface area contributed by atoms with Crippen LogP contribution in [0, 0.1) is 11.6 Å². The number of hydrogen-bond donors (Lipinski definition) is 0. The molecule has 0 N–H and O–H groups in total. The minimum absolute atomic E-state index is 0.0651. The Morgan fingerprint density at radius 3 is 2.20 bits per heavy atom. The van der Waals surface area contributed by atoms with Crippen molar-refractivity contribution in [1.29, 1.82) is 0 Å². The van der Waals surface area contributed by atoms with E-state index in [1.807, 2.05) is 0 Å². The van der Waals surface area contributed by atoms with Gasteiger partial charge in [0.05, 0.1) is 0 Å². The molecule has 20 heavy (non-hydrogen) atoms. The van der Waals surface area contributed by atoms with Crippen LogP contribution in [0.25, 0.3) is 0 Å². The van der Waals surface area contributed by atoms with Crippen LogP contribution in [-0.4, -0.2) is 21.1 Å². The van der Waals surface area contributed by atoms with E-state index in [-0.39, 0.29) is 12.1 Å². The predicted octanol–water partition coefficient (Wildman–Crippen LogP) is 4.42. The first-order chi connectivity index (χ1) is 9.27. The molecule has 0 atom stereocenters. The number of nitrogens with zero attached hydrogens (tertiary/aromatic N) is 1. The molecule has 1 aromatic carbocycles. The van der Waals surface area contributed by atoms with Gasteiger partial charge >= 0.3 is 14.0 Å². The molecule has 114 valence electrons. The van der Waals surface area contributed by atoms with Crippen molar-refractivity contribution in [2.75, 3.05) is 12.2 Å². The highest BCUT2D eigenvalue weighted by molar-refractivity contribution is 6.76. The largest absolute Gasteiger partial charge is 0.412 e. The van der Waals surface area contributed by atoms with E-state index in [2.05, 4.69) is 0 Å². The second kappa shape index (κ2) is 6.09. The van der Waals surface area contributed by atoms with E-state index < -0.39 is 36.4 Å². The van der Waals surface area contributed by atoms with Crippen LogP contribution in [-0.2, 0) is 4.43 Å². The monoisotopic (exact) mass is 313 g/mol. The summed E-state index contributed by atoms with van der Waals surface area (Å²) < 4.78 is 74.1. The molecule has 0 aromatic heterocycles. The second-order valence-electron chi connectivity index (χ2n) is 4.30. The third kappa shape index (κ3) is 2.54. The maximum Gasteiger partial charge on any atom is 0.353 e. The maximum absolute atomic E-state index is 14.3. The van der Waals surface area contributed by atoms with E-state index in [1.54, 1.807) is 0 Å². The van der Waals surface area contributed by atoms with Gasteiger partial charge in [0.15, 0.2) is 11.6 Å². The molecule has 0 heterocycles. The Bertz CT molecular complexity index is 459. The van der Waals surface area contributed by atoms with E-state index in [0.29, 0.717) is 0 Å². The van der Waals surface area contributed by atoms with Gasteiger partial charge in [-0.05, 0) is 24.2 Å². The molecule has 0 spiro atoms. The number of rotatable bonds is 6. The molecule has 0 bridgehead atoms. The molecule has 0 saturated heterocycles. The summed E-state index contributed by atoms with van der Waals surface area (Å²) in [5.41, 5.74) is -5.15. The van der Waals surface area contributed by atoms with Crippen molar-refractivity contribution in [3.8, 4) is 0 Å². The van der Waals surface area contributed by atoms with Crippen LogP contribution in [0.15, 0.2) is 18.2 Å². The Morgan fingerprint density at radius 2 is 1.75 bits per heavy atom. The first kappa shape index (κ1) is 16.9. The van der Waals surface area contributed by atoms with Gasteiger partial charge in [-0.3, -0.25) is 0 Å². The van der Waals surface area contributed by atoms with Crippen LogP contribution in [0.1, 0.15) is 13.8 Å². The first-order valence-corrected chi connectivity index (χ1v) is 8.42. The Morgan fingerprint density at radius 1 is 1.20 bits per heavy atom. The van der Waals surface area contributed by atoms with Crippen molar-refractivity contribution >= 4 is 14.0 Å². The Kier molecular flexibility index (Phi) is 5.14. The summed E-state index contributed by atoms with van der Waals surface area (Å²) in [5, 5.41) is -1.01. The van der Waals surface area contributed by atoms with Crippen molar-refractivity contribution in [2.45, 2.75) is 31.6 Å². The van der Waals surface area contributed by atoms with Crippen molar-refractivity contribution in [1.82, 2.24) is 0 Å². The average molecular weight is 313 g/mol. The molecule has 0 aliphatic rings. The summed E-state index contributed by atoms with van der Waals surface area (Å²) >= 11 is 0. The van der Waals surface area contributed by atoms with Crippen LogP contribution < -0.4 is 5.12 Å². The SMILES string of the molecule is CC[Si](CC)(OC)C(F)(F)N(F)c1cccc(F)c1F. The lowest BCUT2D eigenvalue weighted by Gasteiger charge is -2.38.